The van der Waals surface area contributed by atoms with Crippen molar-refractivity contribution in [3.63, 3.8) is 0 Å². The highest BCUT2D eigenvalue weighted by atomic mass is 16.5. The molecule has 2 saturated carbocycles. The molecule has 2 aliphatic heterocycles. The largest absolute Gasteiger partial charge is 0.393 e. The molecule has 2 spiro atoms. The predicted molar refractivity (Wildman–Crippen MR) is 119 cm³/mol. The molecular weight excluding hydrogens is 394 g/mol. The lowest BCUT2D eigenvalue weighted by molar-refractivity contribution is -0.186. The highest BCUT2D eigenvalue weighted by Gasteiger charge is 2.52. The van der Waals surface area contributed by atoms with Gasteiger partial charge in [0.15, 0.2) is 0 Å². The second kappa shape index (κ2) is 7.80. The lowest BCUT2D eigenvalue weighted by Crippen LogP contribution is -2.68. The Hall–Kier alpha value is -0.990. The number of nitrogens with one attached hydrogen (secondary N) is 2. The van der Waals surface area contributed by atoms with E-state index in [1.807, 2.05) is 33.8 Å². The molecule has 3 fully saturated rings. The fraction of sp³-hybridized carbons (Fsp3) is 0.875. The van der Waals surface area contributed by atoms with Crippen LogP contribution in [0, 0.1) is 0 Å². The van der Waals surface area contributed by atoms with Gasteiger partial charge in [-0.2, -0.15) is 5.06 Å². The molecule has 7 nitrogen and oxygen atoms in total. The summed E-state index contributed by atoms with van der Waals surface area (Å²) in [5.74, 6) is -0.0986. The first-order valence-electron chi connectivity index (χ1n) is 12.1. The van der Waals surface area contributed by atoms with E-state index in [9.17, 15) is 20.2 Å². The van der Waals surface area contributed by atoms with Crippen molar-refractivity contribution in [3.8, 4) is 0 Å². The number of carbonyl (C=O) groups is 1. The molecule has 0 bridgehead atoms. The standard InChI is InChI=1S/C24H41N3O4/c1-21(2)15-19(22(3,4)27(21)31)20(30)25-16-13-23(9-5-17(28)6-10-23)26-24(14-16)11-7-18(29)8-12-24/h15-18,26,28-29,31H,5-14H2,1-4H3,(H,25,30). The van der Waals surface area contributed by atoms with Crippen molar-refractivity contribution < 1.29 is 20.2 Å². The van der Waals surface area contributed by atoms with Crippen molar-refractivity contribution in [3.05, 3.63) is 11.6 Å². The van der Waals surface area contributed by atoms with Gasteiger partial charge >= 0.3 is 0 Å². The van der Waals surface area contributed by atoms with E-state index in [0.717, 1.165) is 64.2 Å². The van der Waals surface area contributed by atoms with Crippen LogP contribution in [0.25, 0.3) is 0 Å². The topological polar surface area (TPSA) is 105 Å². The average Bonchev–Trinajstić information content (AvgIpc) is 2.86. The van der Waals surface area contributed by atoms with Gasteiger partial charge in [0.25, 0.3) is 0 Å². The van der Waals surface area contributed by atoms with E-state index in [-0.39, 0.29) is 35.2 Å². The minimum Gasteiger partial charge on any atom is -0.393 e. The zero-order valence-corrected chi connectivity index (χ0v) is 19.6. The zero-order valence-electron chi connectivity index (χ0n) is 19.6. The molecule has 0 aromatic carbocycles. The Bertz CT molecular complexity index is 701. The van der Waals surface area contributed by atoms with Gasteiger partial charge < -0.3 is 26.1 Å². The first kappa shape index (κ1) is 23.2. The molecule has 0 atom stereocenters. The average molecular weight is 436 g/mol. The zero-order chi connectivity index (χ0) is 22.7. The number of amides is 1. The molecule has 176 valence electrons. The fourth-order valence-electron chi connectivity index (χ4n) is 6.78. The van der Waals surface area contributed by atoms with Gasteiger partial charge in [0.05, 0.1) is 23.3 Å². The van der Waals surface area contributed by atoms with E-state index < -0.39 is 11.1 Å². The van der Waals surface area contributed by atoms with E-state index in [4.69, 9.17) is 0 Å². The summed E-state index contributed by atoms with van der Waals surface area (Å²) in [6.45, 7) is 7.57. The van der Waals surface area contributed by atoms with Gasteiger partial charge in [-0.05, 0) is 91.9 Å². The van der Waals surface area contributed by atoms with Crippen LogP contribution in [0.4, 0.5) is 0 Å². The molecule has 31 heavy (non-hydrogen) atoms. The van der Waals surface area contributed by atoms with Crippen LogP contribution in [0.2, 0.25) is 0 Å². The maximum atomic E-state index is 13.4. The van der Waals surface area contributed by atoms with Crippen LogP contribution < -0.4 is 10.6 Å². The molecule has 5 N–H and O–H groups in total. The van der Waals surface area contributed by atoms with Crippen LogP contribution in [0.15, 0.2) is 11.6 Å². The summed E-state index contributed by atoms with van der Waals surface area (Å²) in [6, 6.07) is 0.0341. The van der Waals surface area contributed by atoms with Crippen molar-refractivity contribution in [2.24, 2.45) is 0 Å². The van der Waals surface area contributed by atoms with Gasteiger partial charge in [0.1, 0.15) is 0 Å². The Morgan fingerprint density at radius 2 is 1.42 bits per heavy atom. The van der Waals surface area contributed by atoms with E-state index in [1.165, 1.54) is 5.06 Å². The number of hydroxylamine groups is 2. The third-order valence-corrected chi connectivity index (χ3v) is 8.44. The molecule has 0 unspecified atom stereocenters. The van der Waals surface area contributed by atoms with Crippen molar-refractivity contribution in [2.45, 2.75) is 132 Å². The number of piperidine rings is 1. The molecule has 7 heteroatoms. The van der Waals surface area contributed by atoms with Crippen LogP contribution in [0.3, 0.4) is 0 Å². The Balaban J connectivity index is 1.55. The number of hydrogen-bond donors (Lipinski definition) is 5. The van der Waals surface area contributed by atoms with Gasteiger partial charge in [-0.3, -0.25) is 4.79 Å². The number of carbonyl (C=O) groups excluding carboxylic acids is 1. The second-order valence-electron chi connectivity index (χ2n) is 11.8. The van der Waals surface area contributed by atoms with Gasteiger partial charge in [0.2, 0.25) is 5.91 Å². The van der Waals surface area contributed by atoms with Crippen LogP contribution in [-0.2, 0) is 4.79 Å². The summed E-state index contributed by atoms with van der Waals surface area (Å²) < 4.78 is 0. The smallest absolute Gasteiger partial charge is 0.249 e. The lowest BCUT2D eigenvalue weighted by Gasteiger charge is -2.56. The number of aliphatic hydroxyl groups is 2. The van der Waals surface area contributed by atoms with Gasteiger partial charge in [-0.15, -0.1) is 0 Å². The monoisotopic (exact) mass is 435 g/mol. The van der Waals surface area contributed by atoms with Crippen molar-refractivity contribution in [1.82, 2.24) is 15.7 Å². The first-order chi connectivity index (χ1) is 14.4. The first-order valence-corrected chi connectivity index (χ1v) is 12.1. The third kappa shape index (κ3) is 4.32. The highest BCUT2D eigenvalue weighted by molar-refractivity contribution is 5.96. The normalized spacial score (nSPS) is 42.5. The SMILES string of the molecule is CC1(C)C=C(C(=O)NC2CC3(CCC(O)CC3)NC3(CCC(O)CC3)C2)C(C)(C)N1O. The Morgan fingerprint density at radius 3 is 1.81 bits per heavy atom. The number of aliphatic hydroxyl groups excluding tert-OH is 2. The minimum absolute atomic E-state index is 0.0341. The molecule has 2 aliphatic carbocycles. The molecule has 0 radical (unpaired) electrons. The summed E-state index contributed by atoms with van der Waals surface area (Å²) in [5, 5.41) is 39.4. The molecule has 0 aromatic heterocycles. The quantitative estimate of drug-likeness (QED) is 0.456. The molecule has 1 saturated heterocycles. The van der Waals surface area contributed by atoms with Crippen molar-refractivity contribution >= 4 is 5.91 Å². The minimum atomic E-state index is -0.750. The summed E-state index contributed by atoms with van der Waals surface area (Å²) in [7, 11) is 0. The molecule has 4 aliphatic rings. The van der Waals surface area contributed by atoms with Gasteiger partial charge in [-0.25, -0.2) is 0 Å². The Morgan fingerprint density at radius 1 is 0.968 bits per heavy atom. The molecule has 1 amide bonds. The predicted octanol–water partition coefficient (Wildman–Crippen LogP) is 2.39. The van der Waals surface area contributed by atoms with Crippen LogP contribution in [0.1, 0.15) is 91.9 Å². The lowest BCUT2D eigenvalue weighted by atomic mass is 9.65. The summed E-state index contributed by atoms with van der Waals surface area (Å²) in [6.07, 6.45) is 9.95. The Labute approximate surface area is 186 Å². The number of rotatable bonds is 2. The highest BCUT2D eigenvalue weighted by Crippen LogP contribution is 2.45. The fourth-order valence-corrected chi connectivity index (χ4v) is 6.78. The summed E-state index contributed by atoms with van der Waals surface area (Å²) in [4.78, 5) is 13.4. The van der Waals surface area contributed by atoms with E-state index in [0.29, 0.717) is 5.57 Å². The van der Waals surface area contributed by atoms with Gasteiger partial charge in [0, 0.05) is 22.7 Å². The molecule has 2 heterocycles. The number of hydrogen-bond acceptors (Lipinski definition) is 6. The molecular formula is C24H41N3O4. The van der Waals surface area contributed by atoms with Crippen LogP contribution in [0.5, 0.6) is 0 Å². The summed E-state index contributed by atoms with van der Waals surface area (Å²) in [5.41, 5.74) is -0.871. The van der Waals surface area contributed by atoms with Crippen LogP contribution >= 0.6 is 0 Å². The van der Waals surface area contributed by atoms with Crippen LogP contribution in [-0.4, -0.2) is 66.8 Å². The second-order valence-corrected chi connectivity index (χ2v) is 11.8. The Kier molecular flexibility index (Phi) is 5.83. The van der Waals surface area contributed by atoms with E-state index in [1.54, 1.807) is 0 Å². The summed E-state index contributed by atoms with van der Waals surface area (Å²) >= 11 is 0. The van der Waals surface area contributed by atoms with Crippen molar-refractivity contribution in [1.29, 1.82) is 0 Å². The molecule has 4 rings (SSSR count). The van der Waals surface area contributed by atoms with Gasteiger partial charge in [-0.1, -0.05) is 6.08 Å². The number of nitrogens with zero attached hydrogens (tertiary/aromatic N) is 1. The van der Waals surface area contributed by atoms with E-state index in [2.05, 4.69) is 10.6 Å². The third-order valence-electron chi connectivity index (χ3n) is 8.44. The maximum Gasteiger partial charge on any atom is 0.249 e. The molecule has 0 aromatic rings. The van der Waals surface area contributed by atoms with Crippen molar-refractivity contribution in [2.75, 3.05) is 0 Å². The maximum absolute atomic E-state index is 13.4. The van der Waals surface area contributed by atoms with E-state index >= 15 is 0 Å².